The predicted octanol–water partition coefficient (Wildman–Crippen LogP) is -1.80. The molecule has 0 aliphatic heterocycles. The number of methoxy groups -OCH3 is 8. The molecule has 0 N–H and O–H groups in total. The third-order valence-electron chi connectivity index (χ3n) is 5.79. The molecule has 0 saturated heterocycles. The molecule has 0 fully saturated rings. The van der Waals surface area contributed by atoms with Gasteiger partial charge in [-0.3, -0.25) is 19.2 Å². The van der Waals surface area contributed by atoms with E-state index >= 15 is 0 Å². The molecule has 1 rings (SSSR count). The normalized spacial score (nSPS) is 18.1. The van der Waals surface area contributed by atoms with Gasteiger partial charge in [0.2, 0.25) is 0 Å². The number of esters is 8. The third kappa shape index (κ3) is 5.17. The van der Waals surface area contributed by atoms with Gasteiger partial charge in [-0.1, -0.05) is 0 Å². The molecule has 1 aliphatic carbocycles. The standard InChI is InChI=1S/C23H26O16/c1-32-15(24)9-10(16(25)33-2)12(18(27)35-4)14(20(29)37-6)23(21(30)38-7,22(31)39-8)13(19(28)36-5)11(9)17(26)34-3/h13-14H,1-8H3/t13-,14-/m0/s1. The average Bonchev–Trinajstić information content (AvgIpc) is 3.09. The minimum atomic E-state index is -3.41. The van der Waals surface area contributed by atoms with E-state index in [1.54, 1.807) is 0 Å². The van der Waals surface area contributed by atoms with E-state index in [9.17, 15) is 38.4 Å². The highest BCUT2D eigenvalue weighted by Gasteiger charge is 2.71. The van der Waals surface area contributed by atoms with Crippen LogP contribution in [0, 0.1) is 17.3 Å². The van der Waals surface area contributed by atoms with E-state index in [0.717, 1.165) is 56.9 Å². The second-order valence-corrected chi connectivity index (χ2v) is 7.31. The zero-order valence-electron chi connectivity index (χ0n) is 22.2. The molecule has 0 aromatic heterocycles. The topological polar surface area (TPSA) is 210 Å². The van der Waals surface area contributed by atoms with Crippen molar-refractivity contribution in [2.75, 3.05) is 56.9 Å². The van der Waals surface area contributed by atoms with Gasteiger partial charge in [-0.25, -0.2) is 19.2 Å². The van der Waals surface area contributed by atoms with Gasteiger partial charge in [-0.15, -0.1) is 0 Å². The van der Waals surface area contributed by atoms with Gasteiger partial charge in [0.25, 0.3) is 0 Å². The van der Waals surface area contributed by atoms with E-state index in [1.165, 1.54) is 0 Å². The highest BCUT2D eigenvalue weighted by Crippen LogP contribution is 2.52. The summed E-state index contributed by atoms with van der Waals surface area (Å²) in [4.78, 5) is 107. The van der Waals surface area contributed by atoms with E-state index in [0.29, 0.717) is 0 Å². The molecule has 16 heteroatoms. The van der Waals surface area contributed by atoms with E-state index in [-0.39, 0.29) is 0 Å². The van der Waals surface area contributed by atoms with E-state index in [1.807, 2.05) is 0 Å². The van der Waals surface area contributed by atoms with Gasteiger partial charge < -0.3 is 37.9 Å². The van der Waals surface area contributed by atoms with Gasteiger partial charge >= 0.3 is 47.8 Å². The van der Waals surface area contributed by atoms with Gasteiger partial charge in [0.1, 0.15) is 11.8 Å². The molecule has 0 saturated carbocycles. The van der Waals surface area contributed by atoms with Gasteiger partial charge in [0.05, 0.1) is 79.2 Å². The summed E-state index contributed by atoms with van der Waals surface area (Å²) in [7, 11) is 6.13. The minimum Gasteiger partial charge on any atom is -0.469 e. The van der Waals surface area contributed by atoms with Crippen LogP contribution in [0.5, 0.6) is 0 Å². The summed E-state index contributed by atoms with van der Waals surface area (Å²) >= 11 is 0. The monoisotopic (exact) mass is 558 g/mol. The van der Waals surface area contributed by atoms with Crippen molar-refractivity contribution in [1.29, 1.82) is 0 Å². The fourth-order valence-corrected chi connectivity index (χ4v) is 4.20. The van der Waals surface area contributed by atoms with Gasteiger partial charge in [0, 0.05) is 0 Å². The van der Waals surface area contributed by atoms with Crippen molar-refractivity contribution in [2.24, 2.45) is 17.3 Å². The third-order valence-corrected chi connectivity index (χ3v) is 5.79. The second-order valence-electron chi connectivity index (χ2n) is 7.31. The van der Waals surface area contributed by atoms with E-state index in [2.05, 4.69) is 9.47 Å². The molecule has 0 unspecified atom stereocenters. The molecule has 0 aromatic rings. The Morgan fingerprint density at radius 3 is 0.923 bits per heavy atom. The lowest BCUT2D eigenvalue weighted by atomic mass is 9.62. The van der Waals surface area contributed by atoms with Crippen molar-refractivity contribution in [3.8, 4) is 0 Å². The summed E-state index contributed by atoms with van der Waals surface area (Å²) in [6, 6.07) is 0. The zero-order valence-corrected chi connectivity index (χ0v) is 22.2. The molecule has 0 amide bonds. The highest BCUT2D eigenvalue weighted by atomic mass is 16.6. The number of carbonyl (C=O) groups excluding carboxylic acids is 8. The maximum absolute atomic E-state index is 13.6. The van der Waals surface area contributed by atoms with Gasteiger partial charge in [0.15, 0.2) is 5.41 Å². The van der Waals surface area contributed by atoms with Crippen molar-refractivity contribution >= 4 is 47.8 Å². The Bertz CT molecular complexity index is 1070. The van der Waals surface area contributed by atoms with Crippen LogP contribution in [0.3, 0.4) is 0 Å². The molecule has 16 nitrogen and oxygen atoms in total. The summed E-state index contributed by atoms with van der Waals surface area (Å²) in [5.74, 6) is -18.4. The quantitative estimate of drug-likeness (QED) is 0.183. The lowest BCUT2D eigenvalue weighted by Gasteiger charge is -2.38. The van der Waals surface area contributed by atoms with Crippen LogP contribution in [-0.2, 0) is 76.3 Å². The molecule has 2 atom stereocenters. The predicted molar refractivity (Wildman–Crippen MR) is 120 cm³/mol. The molecule has 39 heavy (non-hydrogen) atoms. The highest BCUT2D eigenvalue weighted by molar-refractivity contribution is 6.22. The number of hydrogen-bond acceptors (Lipinski definition) is 16. The minimum absolute atomic E-state index is 0.728. The SMILES string of the molecule is COC(=O)C1=C(C(=O)OC)[C@@H](C(=O)OC)C(C(=O)OC)(C(=O)OC)[C@H](C(=O)OC)C(C(=O)OC)=C1C(=O)OC. The maximum atomic E-state index is 13.6. The van der Waals surface area contributed by atoms with Crippen LogP contribution < -0.4 is 0 Å². The largest absolute Gasteiger partial charge is 0.469 e. The van der Waals surface area contributed by atoms with Crippen LogP contribution >= 0.6 is 0 Å². The van der Waals surface area contributed by atoms with Crippen molar-refractivity contribution < 1.29 is 76.3 Å². The smallest absolute Gasteiger partial charge is 0.339 e. The Hall–Kier alpha value is -4.76. The van der Waals surface area contributed by atoms with Crippen LogP contribution in [0.1, 0.15) is 0 Å². The van der Waals surface area contributed by atoms with Crippen molar-refractivity contribution in [3.63, 3.8) is 0 Å². The van der Waals surface area contributed by atoms with Crippen molar-refractivity contribution in [1.82, 2.24) is 0 Å². The summed E-state index contributed by atoms with van der Waals surface area (Å²) < 4.78 is 37.7. The first-order valence-electron chi connectivity index (χ1n) is 10.5. The fraction of sp³-hybridized carbons (Fsp3) is 0.478. The molecular weight excluding hydrogens is 532 g/mol. The van der Waals surface area contributed by atoms with Crippen LogP contribution in [0.4, 0.5) is 0 Å². The van der Waals surface area contributed by atoms with Crippen molar-refractivity contribution in [2.45, 2.75) is 0 Å². The van der Waals surface area contributed by atoms with Crippen LogP contribution in [0.25, 0.3) is 0 Å². The summed E-state index contributed by atoms with van der Waals surface area (Å²) in [5.41, 5.74) is -8.25. The number of hydrogen-bond donors (Lipinski definition) is 0. The molecule has 1 aliphatic rings. The Kier molecular flexibility index (Phi) is 10.9. The second kappa shape index (κ2) is 13.2. The lowest BCUT2D eigenvalue weighted by Crippen LogP contribution is -2.59. The number of carbonyl (C=O) groups is 8. The van der Waals surface area contributed by atoms with Gasteiger partial charge in [-0.05, 0) is 0 Å². The van der Waals surface area contributed by atoms with Crippen LogP contribution in [-0.4, -0.2) is 105 Å². The summed E-state index contributed by atoms with van der Waals surface area (Å²) in [6.45, 7) is 0. The van der Waals surface area contributed by atoms with Crippen molar-refractivity contribution in [3.05, 3.63) is 22.3 Å². The van der Waals surface area contributed by atoms with Crippen LogP contribution in [0.2, 0.25) is 0 Å². The molecule has 214 valence electrons. The number of rotatable bonds is 8. The Morgan fingerprint density at radius 2 is 0.718 bits per heavy atom. The first kappa shape index (κ1) is 32.3. The Morgan fingerprint density at radius 1 is 0.436 bits per heavy atom. The Balaban J connectivity index is 5.06. The fourth-order valence-electron chi connectivity index (χ4n) is 4.20. The van der Waals surface area contributed by atoms with Gasteiger partial charge in [-0.2, -0.15) is 0 Å². The first-order valence-corrected chi connectivity index (χ1v) is 10.5. The zero-order chi connectivity index (χ0) is 30.2. The van der Waals surface area contributed by atoms with Crippen LogP contribution in [0.15, 0.2) is 22.3 Å². The maximum Gasteiger partial charge on any atom is 0.339 e. The molecule has 0 bridgehead atoms. The molecule has 0 heterocycles. The molecule has 0 spiro atoms. The van der Waals surface area contributed by atoms with E-state index in [4.69, 9.17) is 28.4 Å². The lowest BCUT2D eigenvalue weighted by molar-refractivity contribution is -0.188. The van der Waals surface area contributed by atoms with E-state index < -0.39 is 87.3 Å². The average molecular weight is 558 g/mol. The Labute approximate surface area is 221 Å². The molecule has 0 radical (unpaired) electrons. The molecule has 0 aromatic carbocycles. The first-order chi connectivity index (χ1) is 18.4. The number of ether oxygens (including phenoxy) is 8. The molecular formula is C23H26O16. The summed E-state index contributed by atoms with van der Waals surface area (Å²) in [5, 5.41) is 0. The summed E-state index contributed by atoms with van der Waals surface area (Å²) in [6.07, 6.45) is 0.